The Kier molecular flexibility index (Phi) is 8.95. The molecule has 218 valence electrons. The standard InChI is InChI=1S/C35H27N3O4S2/c39-29(21-16-24-10-4-1-5-11-24)30-31(27-17-19-28(20-18-27)42-22-25-12-6-2-7-13-25)38(33(41)32(30)40)34-36-37-35(44-34)43-23-26-14-8-3-9-15-26/h1-21,31,40H,22-23H2. The van der Waals surface area contributed by atoms with Crippen LogP contribution in [-0.4, -0.2) is 27.0 Å². The number of aliphatic hydroxyl groups excluding tert-OH is 1. The molecule has 1 aliphatic rings. The fourth-order valence-corrected chi connectivity index (χ4v) is 6.58. The number of aromatic nitrogens is 2. The van der Waals surface area contributed by atoms with Crippen LogP contribution in [0.15, 0.2) is 137 Å². The predicted octanol–water partition coefficient (Wildman–Crippen LogP) is 7.59. The molecule has 0 fully saturated rings. The zero-order valence-corrected chi connectivity index (χ0v) is 25.1. The quantitative estimate of drug-likeness (QED) is 0.0927. The SMILES string of the molecule is O=C(C=Cc1ccccc1)C1=C(O)C(=O)N(c2nnc(SCc3ccccc3)s2)C1c1ccc(OCc2ccccc2)cc1. The molecule has 1 aromatic heterocycles. The minimum Gasteiger partial charge on any atom is -0.503 e. The van der Waals surface area contributed by atoms with Crippen molar-refractivity contribution in [3.63, 3.8) is 0 Å². The summed E-state index contributed by atoms with van der Waals surface area (Å²) in [4.78, 5) is 28.5. The second-order valence-corrected chi connectivity index (χ2v) is 12.1. The van der Waals surface area contributed by atoms with E-state index in [1.807, 2.05) is 91.0 Å². The largest absolute Gasteiger partial charge is 0.503 e. The van der Waals surface area contributed by atoms with Crippen molar-refractivity contribution in [1.82, 2.24) is 10.2 Å². The Labute approximate surface area is 263 Å². The molecule has 4 aromatic carbocycles. The third-order valence-electron chi connectivity index (χ3n) is 6.95. The van der Waals surface area contributed by atoms with Crippen LogP contribution in [0.2, 0.25) is 0 Å². The number of ketones is 1. The van der Waals surface area contributed by atoms with Gasteiger partial charge in [-0.15, -0.1) is 10.2 Å². The molecule has 0 bridgehead atoms. The number of nitrogens with zero attached hydrogens (tertiary/aromatic N) is 3. The van der Waals surface area contributed by atoms with Gasteiger partial charge in [-0.2, -0.15) is 0 Å². The molecule has 1 aliphatic heterocycles. The van der Waals surface area contributed by atoms with Gasteiger partial charge in [-0.1, -0.05) is 132 Å². The van der Waals surface area contributed by atoms with Gasteiger partial charge in [0.05, 0.1) is 11.6 Å². The van der Waals surface area contributed by atoms with Gasteiger partial charge in [-0.25, -0.2) is 0 Å². The highest BCUT2D eigenvalue weighted by molar-refractivity contribution is 8.00. The summed E-state index contributed by atoms with van der Waals surface area (Å²) in [5.41, 5.74) is 3.60. The van der Waals surface area contributed by atoms with Crippen molar-refractivity contribution in [1.29, 1.82) is 0 Å². The zero-order chi connectivity index (χ0) is 30.3. The first kappa shape index (κ1) is 29.1. The third-order valence-corrected chi connectivity index (χ3v) is 9.08. The summed E-state index contributed by atoms with van der Waals surface area (Å²) in [6, 6.07) is 35.4. The van der Waals surface area contributed by atoms with Crippen LogP contribution < -0.4 is 9.64 Å². The number of thioether (sulfide) groups is 1. The molecular formula is C35H27N3O4S2. The summed E-state index contributed by atoms with van der Waals surface area (Å²) in [6.07, 6.45) is 3.04. The van der Waals surface area contributed by atoms with Gasteiger partial charge >= 0.3 is 0 Å². The second-order valence-electron chi connectivity index (χ2n) is 9.92. The van der Waals surface area contributed by atoms with Crippen LogP contribution >= 0.6 is 23.1 Å². The number of carbonyl (C=O) groups is 2. The monoisotopic (exact) mass is 617 g/mol. The lowest BCUT2D eigenvalue weighted by Crippen LogP contribution is -2.30. The van der Waals surface area contributed by atoms with Crippen molar-refractivity contribution in [2.75, 3.05) is 4.90 Å². The first-order valence-electron chi connectivity index (χ1n) is 13.9. The van der Waals surface area contributed by atoms with E-state index in [0.717, 1.165) is 16.7 Å². The van der Waals surface area contributed by atoms with Gasteiger partial charge in [0.15, 0.2) is 15.9 Å². The molecule has 6 rings (SSSR count). The van der Waals surface area contributed by atoms with Crippen LogP contribution in [0.4, 0.5) is 5.13 Å². The number of amides is 1. The smallest absolute Gasteiger partial charge is 0.296 e. The Bertz CT molecular complexity index is 1810. The Morgan fingerprint density at radius 2 is 1.50 bits per heavy atom. The van der Waals surface area contributed by atoms with E-state index in [4.69, 9.17) is 4.74 Å². The molecule has 2 heterocycles. The normalized spacial score (nSPS) is 14.9. The molecule has 0 saturated heterocycles. The van der Waals surface area contributed by atoms with Crippen LogP contribution in [0.25, 0.3) is 6.08 Å². The average molecular weight is 618 g/mol. The minimum atomic E-state index is -0.904. The highest BCUT2D eigenvalue weighted by atomic mass is 32.2. The van der Waals surface area contributed by atoms with Crippen molar-refractivity contribution < 1.29 is 19.4 Å². The highest BCUT2D eigenvalue weighted by Gasteiger charge is 2.45. The van der Waals surface area contributed by atoms with Crippen LogP contribution in [0.1, 0.15) is 28.3 Å². The van der Waals surface area contributed by atoms with Crippen LogP contribution in [0.5, 0.6) is 5.75 Å². The predicted molar refractivity (Wildman–Crippen MR) is 173 cm³/mol. The molecular weight excluding hydrogens is 591 g/mol. The van der Waals surface area contributed by atoms with Gasteiger partial charge in [-0.05, 0) is 40.5 Å². The van der Waals surface area contributed by atoms with Gasteiger partial charge in [0, 0.05) is 5.75 Å². The van der Waals surface area contributed by atoms with E-state index in [1.54, 1.807) is 30.3 Å². The van der Waals surface area contributed by atoms with E-state index in [1.165, 1.54) is 34.1 Å². The molecule has 0 saturated carbocycles. The van der Waals surface area contributed by atoms with Crippen molar-refractivity contribution in [3.8, 4) is 5.75 Å². The average Bonchev–Trinajstić information content (AvgIpc) is 3.65. The van der Waals surface area contributed by atoms with Crippen LogP contribution in [-0.2, 0) is 21.9 Å². The molecule has 1 unspecified atom stereocenters. The first-order valence-corrected chi connectivity index (χ1v) is 15.7. The Morgan fingerprint density at radius 3 is 2.18 bits per heavy atom. The number of aliphatic hydroxyl groups is 1. The molecule has 1 N–H and O–H groups in total. The lowest BCUT2D eigenvalue weighted by molar-refractivity contribution is -0.117. The number of carbonyl (C=O) groups excluding carboxylic acids is 2. The number of anilines is 1. The van der Waals surface area contributed by atoms with E-state index in [-0.39, 0.29) is 5.57 Å². The maximum Gasteiger partial charge on any atom is 0.296 e. The lowest BCUT2D eigenvalue weighted by atomic mass is 9.95. The van der Waals surface area contributed by atoms with Crippen LogP contribution in [0, 0.1) is 0 Å². The van der Waals surface area contributed by atoms with Gasteiger partial charge in [0.25, 0.3) is 5.91 Å². The zero-order valence-electron chi connectivity index (χ0n) is 23.4. The molecule has 0 radical (unpaired) electrons. The molecule has 9 heteroatoms. The van der Waals surface area contributed by atoms with Crippen molar-refractivity contribution in [2.24, 2.45) is 0 Å². The number of allylic oxidation sites excluding steroid dienone is 1. The topological polar surface area (TPSA) is 92.6 Å². The highest BCUT2D eigenvalue weighted by Crippen LogP contribution is 2.43. The number of benzene rings is 4. The van der Waals surface area contributed by atoms with Gasteiger partial charge in [0.1, 0.15) is 12.4 Å². The first-order chi connectivity index (χ1) is 21.6. The maximum absolute atomic E-state index is 13.6. The summed E-state index contributed by atoms with van der Waals surface area (Å²) in [7, 11) is 0. The van der Waals surface area contributed by atoms with Crippen molar-refractivity contribution in [2.45, 2.75) is 22.7 Å². The summed E-state index contributed by atoms with van der Waals surface area (Å²) in [6.45, 7) is 0.400. The maximum atomic E-state index is 13.6. The number of hydrogen-bond donors (Lipinski definition) is 1. The van der Waals surface area contributed by atoms with E-state index in [9.17, 15) is 14.7 Å². The van der Waals surface area contributed by atoms with Crippen molar-refractivity contribution >= 4 is 46.0 Å². The summed E-state index contributed by atoms with van der Waals surface area (Å²) < 4.78 is 6.62. The van der Waals surface area contributed by atoms with Crippen molar-refractivity contribution in [3.05, 3.63) is 155 Å². The third kappa shape index (κ3) is 6.64. The minimum absolute atomic E-state index is 0.0196. The van der Waals surface area contributed by atoms with E-state index >= 15 is 0 Å². The molecule has 0 spiro atoms. The molecule has 5 aromatic rings. The van der Waals surface area contributed by atoms with Gasteiger partial charge < -0.3 is 9.84 Å². The molecule has 1 amide bonds. The molecule has 0 aliphatic carbocycles. The van der Waals surface area contributed by atoms with E-state index in [0.29, 0.717) is 33.1 Å². The Balaban J connectivity index is 1.29. The molecule has 7 nitrogen and oxygen atoms in total. The van der Waals surface area contributed by atoms with E-state index < -0.39 is 23.5 Å². The Morgan fingerprint density at radius 1 is 0.864 bits per heavy atom. The summed E-state index contributed by atoms with van der Waals surface area (Å²) >= 11 is 2.75. The number of hydrogen-bond acceptors (Lipinski definition) is 8. The fourth-order valence-electron chi connectivity index (χ4n) is 4.76. The number of rotatable bonds is 11. The lowest BCUT2D eigenvalue weighted by Gasteiger charge is -2.24. The van der Waals surface area contributed by atoms with E-state index in [2.05, 4.69) is 10.2 Å². The second kappa shape index (κ2) is 13.5. The fraction of sp³-hybridized carbons (Fsp3) is 0.0857. The Hall–Kier alpha value is -4.99. The molecule has 44 heavy (non-hydrogen) atoms. The number of ether oxygens (including phenoxy) is 1. The molecule has 1 atom stereocenters. The summed E-state index contributed by atoms with van der Waals surface area (Å²) in [5.74, 6) is -0.453. The van der Waals surface area contributed by atoms with Gasteiger partial charge in [-0.3, -0.25) is 14.5 Å². The van der Waals surface area contributed by atoms with Crippen LogP contribution in [0.3, 0.4) is 0 Å². The van der Waals surface area contributed by atoms with Gasteiger partial charge in [0.2, 0.25) is 5.13 Å². The summed E-state index contributed by atoms with van der Waals surface area (Å²) in [5, 5.41) is 20.0.